The summed E-state index contributed by atoms with van der Waals surface area (Å²) in [5.41, 5.74) is 7.13. The van der Waals surface area contributed by atoms with Crippen molar-refractivity contribution in [1.82, 2.24) is 9.97 Å². The average Bonchev–Trinajstić information content (AvgIpc) is 3.46. The molecule has 0 spiro atoms. The van der Waals surface area contributed by atoms with Gasteiger partial charge in [-0.25, -0.2) is 4.98 Å². The molecule has 179 valence electrons. The molecule has 36 heavy (non-hydrogen) atoms. The fourth-order valence-electron chi connectivity index (χ4n) is 4.25. The standard InChI is InChI=1S/C23H12NO.C5H5NO3S.Ir/c1-2-7-21-17(5-1)18-11-10-15(13-22(18)25-21)20-12-16-9-8-14-4-3-6-19(24-20)23(14)16;7-10(8,9)5-3-1-2-4-6-5;/h1-9,11-13H;1-4H,(H,7,8,9);/q-1;;. The SMILES string of the molecule is O=S(=O)(O)c1ccccn1.[Ir].[c-]1cc2c(cc1-c1cc3c4c(cccc4n1)C=C3)oc1ccccc12. The molecule has 0 saturated carbocycles. The Morgan fingerprint density at radius 1 is 0.833 bits per heavy atom. The van der Waals surface area contributed by atoms with E-state index in [0.29, 0.717) is 0 Å². The van der Waals surface area contributed by atoms with Crippen LogP contribution in [0.25, 0.3) is 56.3 Å². The van der Waals surface area contributed by atoms with Gasteiger partial charge in [-0.15, -0.1) is 17.7 Å². The Balaban J connectivity index is 0.000000207. The summed E-state index contributed by atoms with van der Waals surface area (Å²) in [6.07, 6.45) is 5.60. The summed E-state index contributed by atoms with van der Waals surface area (Å²) in [5, 5.41) is 3.12. The van der Waals surface area contributed by atoms with Crippen LogP contribution in [-0.4, -0.2) is 22.9 Å². The van der Waals surface area contributed by atoms with Gasteiger partial charge in [0, 0.05) is 31.7 Å². The van der Waals surface area contributed by atoms with Gasteiger partial charge >= 0.3 is 10.1 Å². The summed E-state index contributed by atoms with van der Waals surface area (Å²) in [6.45, 7) is 0. The summed E-state index contributed by atoms with van der Waals surface area (Å²) in [4.78, 5) is 8.27. The van der Waals surface area contributed by atoms with E-state index < -0.39 is 10.1 Å². The van der Waals surface area contributed by atoms with Gasteiger partial charge in [0.05, 0.1) is 11.1 Å². The number of rotatable bonds is 2. The van der Waals surface area contributed by atoms with E-state index >= 15 is 0 Å². The maximum atomic E-state index is 10.3. The monoisotopic (exact) mass is 670 g/mol. The second-order valence-corrected chi connectivity index (χ2v) is 9.41. The molecule has 3 aromatic heterocycles. The quantitative estimate of drug-likeness (QED) is 0.169. The summed E-state index contributed by atoms with van der Waals surface area (Å²) < 4.78 is 35.1. The number of furan rings is 1. The maximum absolute atomic E-state index is 10.3. The van der Waals surface area contributed by atoms with Crippen molar-refractivity contribution in [2.75, 3.05) is 0 Å². The predicted molar refractivity (Wildman–Crippen MR) is 136 cm³/mol. The minimum atomic E-state index is -4.11. The van der Waals surface area contributed by atoms with Gasteiger partial charge < -0.3 is 4.42 Å². The molecule has 0 bridgehead atoms. The van der Waals surface area contributed by atoms with Gasteiger partial charge in [-0.3, -0.25) is 9.54 Å². The van der Waals surface area contributed by atoms with Crippen LogP contribution in [0.15, 0.2) is 94.5 Å². The van der Waals surface area contributed by atoms with E-state index in [4.69, 9.17) is 14.0 Å². The molecule has 8 heteroatoms. The Morgan fingerprint density at radius 3 is 2.42 bits per heavy atom. The van der Waals surface area contributed by atoms with Gasteiger partial charge in [0.1, 0.15) is 5.58 Å². The molecule has 3 heterocycles. The third-order valence-electron chi connectivity index (χ3n) is 5.83. The van der Waals surface area contributed by atoms with Gasteiger partial charge in [-0.05, 0) is 46.5 Å². The molecule has 1 aliphatic carbocycles. The van der Waals surface area contributed by atoms with E-state index in [9.17, 15) is 8.42 Å². The van der Waals surface area contributed by atoms with Crippen LogP contribution in [0.2, 0.25) is 0 Å². The topological polar surface area (TPSA) is 93.3 Å². The number of fused-ring (bicyclic) bond motifs is 3. The first kappa shape index (κ1) is 24.0. The van der Waals surface area contributed by atoms with Crippen LogP contribution in [0.4, 0.5) is 0 Å². The first-order valence-corrected chi connectivity index (χ1v) is 12.3. The van der Waals surface area contributed by atoms with Crippen LogP contribution in [0.1, 0.15) is 11.1 Å². The number of para-hydroxylation sites is 1. The third-order valence-corrected chi connectivity index (χ3v) is 6.60. The van der Waals surface area contributed by atoms with Crippen molar-refractivity contribution < 1.29 is 37.5 Å². The van der Waals surface area contributed by atoms with Crippen LogP contribution in [0, 0.1) is 6.07 Å². The van der Waals surface area contributed by atoms with E-state index in [0.717, 1.165) is 38.7 Å². The second-order valence-electron chi connectivity index (χ2n) is 8.04. The molecule has 0 amide bonds. The van der Waals surface area contributed by atoms with Gasteiger partial charge in [0.25, 0.3) is 0 Å². The zero-order valence-corrected chi connectivity index (χ0v) is 21.8. The molecule has 3 aromatic carbocycles. The molecule has 0 saturated heterocycles. The van der Waals surface area contributed by atoms with E-state index in [1.165, 1.54) is 34.8 Å². The second kappa shape index (κ2) is 9.41. The smallest absolute Gasteiger partial charge is 0.312 e. The van der Waals surface area contributed by atoms with Crippen LogP contribution in [0.5, 0.6) is 0 Å². The summed E-state index contributed by atoms with van der Waals surface area (Å²) in [7, 11) is -4.11. The predicted octanol–water partition coefficient (Wildman–Crippen LogP) is 6.41. The number of benzene rings is 3. The van der Waals surface area contributed by atoms with Gasteiger partial charge in [-0.2, -0.15) is 8.42 Å². The van der Waals surface area contributed by atoms with E-state index in [2.05, 4.69) is 53.5 Å². The molecule has 6 aromatic rings. The normalized spacial score (nSPS) is 11.9. The molecule has 1 radical (unpaired) electrons. The molecule has 0 atom stereocenters. The maximum Gasteiger partial charge on any atom is 0.312 e. The number of pyridine rings is 2. The molecular formula is C28H17IrN2O4S-. The molecule has 0 unspecified atom stereocenters. The minimum Gasteiger partial charge on any atom is -0.476 e. The fraction of sp³-hybridized carbons (Fsp3) is 0. The first-order chi connectivity index (χ1) is 17.0. The average molecular weight is 670 g/mol. The number of aromatic nitrogens is 2. The van der Waals surface area contributed by atoms with Crippen molar-refractivity contribution in [2.45, 2.75) is 5.03 Å². The van der Waals surface area contributed by atoms with Crippen molar-refractivity contribution in [1.29, 1.82) is 0 Å². The third kappa shape index (κ3) is 4.36. The molecule has 1 aliphatic rings. The van der Waals surface area contributed by atoms with Crippen LogP contribution >= 0.6 is 0 Å². The van der Waals surface area contributed by atoms with Crippen molar-refractivity contribution in [3.05, 3.63) is 102 Å². The molecule has 0 aliphatic heterocycles. The zero-order valence-electron chi connectivity index (χ0n) is 18.5. The Morgan fingerprint density at radius 2 is 1.64 bits per heavy atom. The zero-order chi connectivity index (χ0) is 24.0. The molecule has 7 rings (SSSR count). The summed E-state index contributed by atoms with van der Waals surface area (Å²) in [6, 6.07) is 28.2. The van der Waals surface area contributed by atoms with Crippen molar-refractivity contribution in [3.63, 3.8) is 0 Å². The summed E-state index contributed by atoms with van der Waals surface area (Å²) >= 11 is 0. The molecule has 1 N–H and O–H groups in total. The largest absolute Gasteiger partial charge is 0.476 e. The number of hydrogen-bond acceptors (Lipinski definition) is 5. The number of nitrogens with zero attached hydrogens (tertiary/aromatic N) is 2. The Hall–Kier alpha value is -3.68. The van der Waals surface area contributed by atoms with Gasteiger partial charge in [0.2, 0.25) is 0 Å². The summed E-state index contributed by atoms with van der Waals surface area (Å²) in [5.74, 6) is 0. The van der Waals surface area contributed by atoms with Crippen LogP contribution in [0.3, 0.4) is 0 Å². The Kier molecular flexibility index (Phi) is 6.28. The molecular weight excluding hydrogens is 653 g/mol. The van der Waals surface area contributed by atoms with Crippen molar-refractivity contribution in [3.8, 4) is 11.3 Å². The van der Waals surface area contributed by atoms with E-state index in [-0.39, 0.29) is 25.1 Å². The van der Waals surface area contributed by atoms with Crippen LogP contribution < -0.4 is 0 Å². The molecule has 0 fully saturated rings. The minimum absolute atomic E-state index is 0. The van der Waals surface area contributed by atoms with Crippen molar-refractivity contribution >= 4 is 55.1 Å². The Labute approximate surface area is 220 Å². The number of hydrogen-bond donors (Lipinski definition) is 1. The Bertz CT molecular complexity index is 1880. The van der Waals surface area contributed by atoms with Crippen molar-refractivity contribution in [2.24, 2.45) is 0 Å². The molecule has 6 nitrogen and oxygen atoms in total. The van der Waals surface area contributed by atoms with Gasteiger partial charge in [-0.1, -0.05) is 66.1 Å². The van der Waals surface area contributed by atoms with Crippen LogP contribution in [-0.2, 0) is 30.2 Å². The first-order valence-electron chi connectivity index (χ1n) is 10.8. The fourth-order valence-corrected chi connectivity index (χ4v) is 4.69. The van der Waals surface area contributed by atoms with Gasteiger partial charge in [0.15, 0.2) is 5.03 Å². The van der Waals surface area contributed by atoms with E-state index in [1.54, 1.807) is 6.07 Å². The van der Waals surface area contributed by atoms with E-state index in [1.807, 2.05) is 30.3 Å².